The van der Waals surface area contributed by atoms with Gasteiger partial charge in [-0.1, -0.05) is 22.0 Å². The van der Waals surface area contributed by atoms with Gasteiger partial charge in [-0.3, -0.25) is 19.5 Å². The predicted octanol–water partition coefficient (Wildman–Crippen LogP) is 6.59. The van der Waals surface area contributed by atoms with Crippen LogP contribution in [0.4, 0.5) is 5.69 Å². The fourth-order valence-corrected chi connectivity index (χ4v) is 4.32. The molecule has 9 heteroatoms. The number of aromatic nitrogens is 2. The van der Waals surface area contributed by atoms with Crippen molar-refractivity contribution in [2.24, 2.45) is 0 Å². The minimum Gasteiger partial charge on any atom is -0.268 e. The van der Waals surface area contributed by atoms with Crippen LogP contribution in [0.3, 0.4) is 0 Å². The fraction of sp³-hybridized carbons (Fsp3) is 0. The Labute approximate surface area is 207 Å². The second-order valence-corrected chi connectivity index (χ2v) is 9.57. The van der Waals surface area contributed by atoms with E-state index in [9.17, 15) is 14.9 Å². The summed E-state index contributed by atoms with van der Waals surface area (Å²) in [4.78, 5) is 28.6. The van der Waals surface area contributed by atoms with Gasteiger partial charge in [0.25, 0.3) is 11.2 Å². The molecule has 154 valence electrons. The molecule has 0 aliphatic rings. The first-order valence-electron chi connectivity index (χ1n) is 8.94. The number of non-ortho nitro benzene ring substituents is 1. The van der Waals surface area contributed by atoms with Gasteiger partial charge in [0.05, 0.1) is 21.5 Å². The third kappa shape index (κ3) is 4.63. The van der Waals surface area contributed by atoms with Crippen LogP contribution in [0.1, 0.15) is 11.4 Å². The molecular formula is C22H12Br2IN3O3. The first-order valence-corrected chi connectivity index (χ1v) is 11.6. The molecule has 3 aromatic carbocycles. The second kappa shape index (κ2) is 9.01. The van der Waals surface area contributed by atoms with Crippen molar-refractivity contribution in [1.82, 2.24) is 9.55 Å². The van der Waals surface area contributed by atoms with Crippen molar-refractivity contribution in [3.8, 4) is 5.69 Å². The zero-order valence-electron chi connectivity index (χ0n) is 15.6. The zero-order valence-corrected chi connectivity index (χ0v) is 21.0. The molecule has 0 atom stereocenters. The Balaban J connectivity index is 1.93. The van der Waals surface area contributed by atoms with Crippen molar-refractivity contribution in [3.05, 3.63) is 105 Å². The molecule has 1 aromatic heterocycles. The standard InChI is InChI=1S/C22H12Br2IN3O3/c23-14-4-8-18(24)20(11-14)27-21(10-3-13-1-6-16(7-2-13)28(30)31)26-19-9-5-15(25)12-17(19)22(27)29/h1-12H. The van der Waals surface area contributed by atoms with Gasteiger partial charge >= 0.3 is 0 Å². The van der Waals surface area contributed by atoms with Crippen molar-refractivity contribution in [2.75, 3.05) is 0 Å². The molecule has 31 heavy (non-hydrogen) atoms. The van der Waals surface area contributed by atoms with E-state index in [1.165, 1.54) is 12.1 Å². The average Bonchev–Trinajstić information content (AvgIpc) is 2.75. The van der Waals surface area contributed by atoms with Crippen molar-refractivity contribution >= 4 is 83.2 Å². The molecular weight excluding hydrogens is 641 g/mol. The lowest BCUT2D eigenvalue weighted by atomic mass is 10.2. The molecule has 0 saturated carbocycles. The molecule has 0 saturated heterocycles. The molecule has 0 aliphatic heterocycles. The number of fused-ring (bicyclic) bond motifs is 1. The summed E-state index contributed by atoms with van der Waals surface area (Å²) in [6.45, 7) is 0. The lowest BCUT2D eigenvalue weighted by Gasteiger charge is -2.13. The molecule has 0 spiro atoms. The van der Waals surface area contributed by atoms with Gasteiger partial charge in [0.15, 0.2) is 0 Å². The highest BCUT2D eigenvalue weighted by molar-refractivity contribution is 14.1. The third-order valence-corrected chi connectivity index (χ3v) is 6.37. The summed E-state index contributed by atoms with van der Waals surface area (Å²) < 4.78 is 4.06. The maximum atomic E-state index is 13.5. The van der Waals surface area contributed by atoms with Crippen LogP contribution < -0.4 is 5.56 Å². The Morgan fingerprint density at radius 2 is 1.74 bits per heavy atom. The number of nitro benzene ring substituents is 1. The van der Waals surface area contributed by atoms with E-state index in [1.54, 1.807) is 28.9 Å². The molecule has 1 heterocycles. The topological polar surface area (TPSA) is 78.0 Å². The molecule has 0 aliphatic carbocycles. The number of nitro groups is 1. The van der Waals surface area contributed by atoms with E-state index < -0.39 is 4.92 Å². The van der Waals surface area contributed by atoms with Crippen LogP contribution in [-0.2, 0) is 0 Å². The van der Waals surface area contributed by atoms with Crippen LogP contribution in [-0.4, -0.2) is 14.5 Å². The first-order chi connectivity index (χ1) is 14.8. The molecule has 0 radical (unpaired) electrons. The lowest BCUT2D eigenvalue weighted by Crippen LogP contribution is -2.22. The summed E-state index contributed by atoms with van der Waals surface area (Å²) in [5.74, 6) is 0.441. The monoisotopic (exact) mass is 651 g/mol. The Kier molecular flexibility index (Phi) is 6.35. The molecule has 4 rings (SSSR count). The zero-order chi connectivity index (χ0) is 22.1. The maximum Gasteiger partial charge on any atom is 0.269 e. The highest BCUT2D eigenvalue weighted by Crippen LogP contribution is 2.26. The number of hydrogen-bond donors (Lipinski definition) is 0. The minimum atomic E-state index is -0.442. The van der Waals surface area contributed by atoms with Crippen LogP contribution in [0.25, 0.3) is 28.7 Å². The number of nitrogens with zero attached hydrogens (tertiary/aromatic N) is 3. The summed E-state index contributed by atoms with van der Waals surface area (Å²) in [7, 11) is 0. The molecule has 6 nitrogen and oxygen atoms in total. The summed E-state index contributed by atoms with van der Waals surface area (Å²) in [5, 5.41) is 11.4. The first kappa shape index (κ1) is 21.8. The van der Waals surface area contributed by atoms with Crippen LogP contribution in [0.15, 0.2) is 74.4 Å². The minimum absolute atomic E-state index is 0.0190. The fourth-order valence-electron chi connectivity index (χ4n) is 3.05. The molecule has 0 N–H and O–H groups in total. The number of hydrogen-bond acceptors (Lipinski definition) is 4. The Bertz CT molecular complexity index is 1420. The summed E-state index contributed by atoms with van der Waals surface area (Å²) in [5.41, 5.74) is 1.82. The molecule has 0 unspecified atom stereocenters. The van der Waals surface area contributed by atoms with Crippen molar-refractivity contribution in [3.63, 3.8) is 0 Å². The van der Waals surface area contributed by atoms with E-state index >= 15 is 0 Å². The van der Waals surface area contributed by atoms with Gasteiger partial charge in [-0.15, -0.1) is 0 Å². The number of benzene rings is 3. The van der Waals surface area contributed by atoms with Gasteiger partial charge in [0.2, 0.25) is 0 Å². The second-order valence-electron chi connectivity index (χ2n) is 6.55. The number of rotatable bonds is 4. The van der Waals surface area contributed by atoms with Gasteiger partial charge in [-0.25, -0.2) is 4.98 Å². The van der Waals surface area contributed by atoms with Gasteiger partial charge in [-0.05, 0) is 98.7 Å². The van der Waals surface area contributed by atoms with E-state index in [2.05, 4.69) is 54.5 Å². The smallest absolute Gasteiger partial charge is 0.268 e. The summed E-state index contributed by atoms with van der Waals surface area (Å²) in [6, 6.07) is 17.3. The SMILES string of the molecule is O=c1c2cc(I)ccc2nc(C=Cc2ccc([N+](=O)[O-])cc2)n1-c1cc(Br)ccc1Br. The van der Waals surface area contributed by atoms with Gasteiger partial charge < -0.3 is 0 Å². The number of halogens is 3. The van der Waals surface area contributed by atoms with Crippen LogP contribution in [0.2, 0.25) is 0 Å². The Hall–Kier alpha value is -2.37. The van der Waals surface area contributed by atoms with E-state index in [0.29, 0.717) is 22.4 Å². The third-order valence-electron chi connectivity index (χ3n) is 4.53. The molecule has 0 amide bonds. The molecule has 0 bridgehead atoms. The van der Waals surface area contributed by atoms with E-state index in [4.69, 9.17) is 4.98 Å². The van der Waals surface area contributed by atoms with Crippen LogP contribution >= 0.6 is 54.5 Å². The average molecular weight is 653 g/mol. The Morgan fingerprint density at radius 3 is 2.45 bits per heavy atom. The van der Waals surface area contributed by atoms with Gasteiger partial charge in [0, 0.05) is 24.6 Å². The lowest BCUT2D eigenvalue weighted by molar-refractivity contribution is -0.384. The van der Waals surface area contributed by atoms with E-state index in [-0.39, 0.29) is 11.2 Å². The summed E-state index contributed by atoms with van der Waals surface area (Å²) in [6.07, 6.45) is 3.50. The van der Waals surface area contributed by atoms with Crippen LogP contribution in [0, 0.1) is 13.7 Å². The molecule has 0 fully saturated rings. The quantitative estimate of drug-likeness (QED) is 0.142. The van der Waals surface area contributed by atoms with Gasteiger partial charge in [-0.2, -0.15) is 0 Å². The predicted molar refractivity (Wildman–Crippen MR) is 137 cm³/mol. The molecule has 4 aromatic rings. The maximum absolute atomic E-state index is 13.5. The van der Waals surface area contributed by atoms with Crippen LogP contribution in [0.5, 0.6) is 0 Å². The normalized spacial score (nSPS) is 11.3. The van der Waals surface area contributed by atoms with Crippen molar-refractivity contribution in [2.45, 2.75) is 0 Å². The largest absolute Gasteiger partial charge is 0.269 e. The van der Waals surface area contributed by atoms with Gasteiger partial charge in [0.1, 0.15) is 5.82 Å². The highest BCUT2D eigenvalue weighted by Gasteiger charge is 2.14. The Morgan fingerprint density at radius 1 is 1.00 bits per heavy atom. The summed E-state index contributed by atoms with van der Waals surface area (Å²) >= 11 is 9.17. The van der Waals surface area contributed by atoms with Crippen molar-refractivity contribution in [1.29, 1.82) is 0 Å². The van der Waals surface area contributed by atoms with Crippen molar-refractivity contribution < 1.29 is 4.92 Å². The highest BCUT2D eigenvalue weighted by atomic mass is 127. The van der Waals surface area contributed by atoms with E-state index in [0.717, 1.165) is 18.1 Å². The van der Waals surface area contributed by atoms with E-state index in [1.807, 2.05) is 36.4 Å².